The first-order valence-corrected chi connectivity index (χ1v) is 9.65. The van der Waals surface area contributed by atoms with E-state index >= 15 is 0 Å². The lowest BCUT2D eigenvalue weighted by atomic mass is 10.0. The summed E-state index contributed by atoms with van der Waals surface area (Å²) in [5, 5.41) is 8.88. The third-order valence-electron chi connectivity index (χ3n) is 5.31. The van der Waals surface area contributed by atoms with Crippen LogP contribution in [0.2, 0.25) is 0 Å². The molecule has 0 aliphatic carbocycles. The molecule has 1 saturated heterocycles. The molecule has 1 unspecified atom stereocenters. The summed E-state index contributed by atoms with van der Waals surface area (Å²) in [6.45, 7) is 2.22. The van der Waals surface area contributed by atoms with Crippen LogP contribution in [0.25, 0.3) is 0 Å². The number of morpholine rings is 1. The van der Waals surface area contributed by atoms with E-state index in [1.165, 1.54) is 18.2 Å². The Hall–Kier alpha value is -3.17. The highest BCUT2D eigenvalue weighted by atomic mass is 19.1. The second kappa shape index (κ2) is 8.68. The van der Waals surface area contributed by atoms with E-state index in [0.29, 0.717) is 43.2 Å². The second-order valence-electron chi connectivity index (χ2n) is 7.16. The highest BCUT2D eigenvalue weighted by Crippen LogP contribution is 2.33. The largest absolute Gasteiger partial charge is 0.491 e. The molecule has 1 fully saturated rings. The maximum absolute atomic E-state index is 13.9. The lowest BCUT2D eigenvalue weighted by Crippen LogP contribution is -2.49. The van der Waals surface area contributed by atoms with E-state index in [1.807, 2.05) is 0 Å². The minimum atomic E-state index is -0.659. The Balaban J connectivity index is 1.69. The molecule has 2 aliphatic rings. The molecule has 8 nitrogen and oxygen atoms in total. The zero-order valence-corrected chi connectivity index (χ0v) is 16.2. The Bertz CT molecular complexity index is 948. The van der Waals surface area contributed by atoms with Crippen molar-refractivity contribution >= 4 is 11.9 Å². The third-order valence-corrected chi connectivity index (χ3v) is 5.31. The first-order chi connectivity index (χ1) is 14.6. The van der Waals surface area contributed by atoms with Gasteiger partial charge >= 0.3 is 6.03 Å². The Labute approximate surface area is 172 Å². The number of halogens is 1. The van der Waals surface area contributed by atoms with Gasteiger partial charge in [0.05, 0.1) is 25.8 Å². The molecule has 1 atom stereocenters. The summed E-state index contributed by atoms with van der Waals surface area (Å²) < 4.78 is 25.2. The maximum atomic E-state index is 13.9. The molecule has 0 bridgehead atoms. The van der Waals surface area contributed by atoms with Crippen molar-refractivity contribution in [3.05, 3.63) is 65.0 Å². The summed E-state index contributed by atoms with van der Waals surface area (Å²) >= 11 is 0. The molecule has 30 heavy (non-hydrogen) atoms. The fraction of sp³-hybridized carbons (Fsp3) is 0.333. The number of nitrogens with one attached hydrogen (secondary N) is 1. The number of rotatable bonds is 2. The van der Waals surface area contributed by atoms with Crippen molar-refractivity contribution in [2.24, 2.45) is 0 Å². The Kier molecular flexibility index (Phi) is 5.82. The molecular formula is C21H22FN3O5. The van der Waals surface area contributed by atoms with E-state index < -0.39 is 17.8 Å². The summed E-state index contributed by atoms with van der Waals surface area (Å²) in [6, 6.07) is 10.2. The number of carbonyl (C=O) groups is 2. The number of hydrogen-bond donors (Lipinski definition) is 2. The van der Waals surface area contributed by atoms with E-state index in [-0.39, 0.29) is 24.7 Å². The van der Waals surface area contributed by atoms with Crippen LogP contribution in [0.15, 0.2) is 42.5 Å². The van der Waals surface area contributed by atoms with E-state index in [4.69, 9.17) is 14.7 Å². The van der Waals surface area contributed by atoms with Crippen LogP contribution >= 0.6 is 0 Å². The predicted octanol–water partition coefficient (Wildman–Crippen LogP) is 2.33. The van der Waals surface area contributed by atoms with Crippen LogP contribution in [0, 0.1) is 5.82 Å². The second-order valence-corrected chi connectivity index (χ2v) is 7.16. The van der Waals surface area contributed by atoms with Crippen LogP contribution in [-0.4, -0.2) is 59.9 Å². The van der Waals surface area contributed by atoms with Crippen molar-refractivity contribution in [3.8, 4) is 5.75 Å². The topological polar surface area (TPSA) is 91.3 Å². The highest BCUT2D eigenvalue weighted by Gasteiger charge is 2.33. The first-order valence-electron chi connectivity index (χ1n) is 9.65. The van der Waals surface area contributed by atoms with Gasteiger partial charge in [0.25, 0.3) is 5.91 Å². The summed E-state index contributed by atoms with van der Waals surface area (Å²) in [5.41, 5.74) is 3.16. The highest BCUT2D eigenvalue weighted by molar-refractivity contribution is 5.93. The van der Waals surface area contributed by atoms with Gasteiger partial charge in [-0.15, -0.1) is 0 Å². The molecule has 158 valence electrons. The molecule has 2 aromatic rings. The monoisotopic (exact) mass is 415 g/mol. The van der Waals surface area contributed by atoms with Gasteiger partial charge in [0, 0.05) is 24.2 Å². The van der Waals surface area contributed by atoms with Gasteiger partial charge in [-0.1, -0.05) is 18.2 Å². The predicted molar refractivity (Wildman–Crippen MR) is 104 cm³/mol. The van der Waals surface area contributed by atoms with E-state index in [2.05, 4.69) is 0 Å². The number of hydroxylamine groups is 1. The number of amides is 3. The zero-order valence-electron chi connectivity index (χ0n) is 16.2. The van der Waals surface area contributed by atoms with E-state index in [0.717, 1.165) is 0 Å². The molecule has 2 aromatic carbocycles. The van der Waals surface area contributed by atoms with Crippen molar-refractivity contribution in [2.45, 2.75) is 12.6 Å². The zero-order chi connectivity index (χ0) is 21.1. The molecule has 0 saturated carbocycles. The Morgan fingerprint density at radius 3 is 2.67 bits per heavy atom. The van der Waals surface area contributed by atoms with Gasteiger partial charge in [-0.3, -0.25) is 10.0 Å². The van der Waals surface area contributed by atoms with E-state index in [9.17, 15) is 14.0 Å². The number of urea groups is 1. The van der Waals surface area contributed by atoms with Gasteiger partial charge in [0.15, 0.2) is 0 Å². The lowest BCUT2D eigenvalue weighted by Gasteiger charge is -2.36. The molecule has 0 radical (unpaired) electrons. The van der Waals surface area contributed by atoms with Crippen molar-refractivity contribution in [3.63, 3.8) is 0 Å². The molecule has 4 rings (SSSR count). The van der Waals surface area contributed by atoms with Crippen molar-refractivity contribution < 1.29 is 28.7 Å². The summed E-state index contributed by atoms with van der Waals surface area (Å²) in [4.78, 5) is 28.5. The van der Waals surface area contributed by atoms with Crippen LogP contribution in [0.1, 0.15) is 27.5 Å². The average molecular weight is 415 g/mol. The number of benzene rings is 2. The standard InChI is InChI=1S/C21H22FN3O5/c22-17-3-1-2-14(10-17)18-13-30-19-11-15(20(26)23-28)4-5-16(19)12-25(18)21(27)24-6-8-29-9-7-24/h1-5,10-11,18,28H,6-9,12-13H2,(H,23,26). The molecule has 3 amide bonds. The summed E-state index contributed by atoms with van der Waals surface area (Å²) in [5.74, 6) is -0.613. The molecule has 0 aromatic heterocycles. The molecule has 2 aliphatic heterocycles. The number of fused-ring (bicyclic) bond motifs is 1. The maximum Gasteiger partial charge on any atom is 0.321 e. The fourth-order valence-electron chi connectivity index (χ4n) is 3.70. The molecule has 0 spiro atoms. The van der Waals surface area contributed by atoms with Crippen LogP contribution in [0.5, 0.6) is 5.75 Å². The fourth-order valence-corrected chi connectivity index (χ4v) is 3.70. The van der Waals surface area contributed by atoms with Crippen molar-refractivity contribution in [2.75, 3.05) is 32.9 Å². The van der Waals surface area contributed by atoms with Crippen LogP contribution < -0.4 is 10.2 Å². The van der Waals surface area contributed by atoms with Crippen molar-refractivity contribution in [1.82, 2.24) is 15.3 Å². The van der Waals surface area contributed by atoms with E-state index in [1.54, 1.807) is 39.5 Å². The van der Waals surface area contributed by atoms with Crippen LogP contribution in [0.3, 0.4) is 0 Å². The van der Waals surface area contributed by atoms with Gasteiger partial charge in [0.2, 0.25) is 0 Å². The number of hydrogen-bond acceptors (Lipinski definition) is 5. The smallest absolute Gasteiger partial charge is 0.321 e. The van der Waals surface area contributed by atoms with Gasteiger partial charge in [-0.2, -0.15) is 0 Å². The van der Waals surface area contributed by atoms with Gasteiger partial charge in [-0.05, 0) is 29.8 Å². The van der Waals surface area contributed by atoms with Crippen LogP contribution in [-0.2, 0) is 11.3 Å². The normalized spacial score (nSPS) is 18.8. The minimum Gasteiger partial charge on any atom is -0.491 e. The molecule has 2 N–H and O–H groups in total. The summed E-state index contributed by atoms with van der Waals surface area (Å²) in [6.07, 6.45) is 0. The summed E-state index contributed by atoms with van der Waals surface area (Å²) in [7, 11) is 0. The minimum absolute atomic E-state index is 0.0940. The lowest BCUT2D eigenvalue weighted by molar-refractivity contribution is 0.0362. The molecular weight excluding hydrogens is 393 g/mol. The Morgan fingerprint density at radius 2 is 1.93 bits per heavy atom. The average Bonchev–Trinajstić information content (AvgIpc) is 2.98. The Morgan fingerprint density at radius 1 is 1.13 bits per heavy atom. The SMILES string of the molecule is O=C(NO)c1ccc2c(c1)OCC(c1cccc(F)c1)N(C(=O)N1CCOCC1)C2. The number of ether oxygens (including phenoxy) is 2. The quantitative estimate of drug-likeness (QED) is 0.580. The van der Waals surface area contributed by atoms with Gasteiger partial charge < -0.3 is 19.3 Å². The van der Waals surface area contributed by atoms with Gasteiger partial charge in [0.1, 0.15) is 18.2 Å². The number of nitrogens with zero attached hydrogens (tertiary/aromatic N) is 2. The van der Waals surface area contributed by atoms with Crippen molar-refractivity contribution in [1.29, 1.82) is 0 Å². The molecule has 2 heterocycles. The first kappa shape index (κ1) is 20.1. The molecule has 9 heteroatoms. The van der Waals surface area contributed by atoms with Gasteiger partial charge in [-0.25, -0.2) is 14.7 Å². The van der Waals surface area contributed by atoms with Crippen LogP contribution in [0.4, 0.5) is 9.18 Å². The third kappa shape index (κ3) is 4.07. The number of carbonyl (C=O) groups excluding carboxylic acids is 2.